The van der Waals surface area contributed by atoms with Crippen molar-refractivity contribution in [1.29, 1.82) is 0 Å². The van der Waals surface area contributed by atoms with Crippen LogP contribution < -0.4 is 0 Å². The lowest BCUT2D eigenvalue weighted by molar-refractivity contribution is -0.193. The number of carboxylic acid groups (broad SMARTS) is 3. The van der Waals surface area contributed by atoms with Crippen LogP contribution in [-0.2, 0) is 25.7 Å². The van der Waals surface area contributed by atoms with E-state index < -0.39 is 36.4 Å². The molecule has 44 heavy (non-hydrogen) atoms. The Morgan fingerprint density at radius 2 is 1.32 bits per heavy atom. The summed E-state index contributed by atoms with van der Waals surface area (Å²) in [5, 5.41) is 25.8. The van der Waals surface area contributed by atoms with Gasteiger partial charge < -0.3 is 25.0 Å². The number of alkyl halides is 9. The number of thiophene rings is 1. The number of rotatable bonds is 5. The van der Waals surface area contributed by atoms with Gasteiger partial charge in [-0.05, 0) is 62.4 Å². The van der Waals surface area contributed by atoms with E-state index in [1.54, 1.807) is 11.3 Å². The third-order valence-electron chi connectivity index (χ3n) is 6.01. The zero-order valence-corrected chi connectivity index (χ0v) is 24.5. The molecule has 2 saturated heterocycles. The Kier molecular flexibility index (Phi) is 17.2. The molecule has 0 unspecified atom stereocenters. The molecule has 20 heteroatoms. The van der Waals surface area contributed by atoms with Gasteiger partial charge in [0.1, 0.15) is 0 Å². The highest BCUT2D eigenvalue weighted by Crippen LogP contribution is 2.35. The molecule has 0 atom stereocenters. The normalized spacial score (nSPS) is 17.6. The van der Waals surface area contributed by atoms with E-state index in [2.05, 4.69) is 45.6 Å². The summed E-state index contributed by atoms with van der Waals surface area (Å²) in [6, 6.07) is 2.26. The minimum Gasteiger partial charge on any atom is -0.475 e. The highest BCUT2D eigenvalue weighted by atomic mass is 32.1. The van der Waals surface area contributed by atoms with Crippen molar-refractivity contribution in [3.05, 3.63) is 22.4 Å². The number of carboxylic acids is 3. The first kappa shape index (κ1) is 41.3. The van der Waals surface area contributed by atoms with Gasteiger partial charge in [-0.1, -0.05) is 0 Å². The molecular weight excluding hydrogens is 645 g/mol. The predicted molar refractivity (Wildman–Crippen MR) is 138 cm³/mol. The van der Waals surface area contributed by atoms with Gasteiger partial charge in [0, 0.05) is 38.1 Å². The number of aliphatic carboxylic acids is 3. The molecule has 2 aliphatic rings. The van der Waals surface area contributed by atoms with Gasteiger partial charge in [0.2, 0.25) is 0 Å². The molecule has 2 aliphatic heterocycles. The van der Waals surface area contributed by atoms with Gasteiger partial charge >= 0.3 is 36.4 Å². The Hall–Kier alpha value is -2.68. The Morgan fingerprint density at radius 1 is 0.864 bits per heavy atom. The first-order valence-electron chi connectivity index (χ1n) is 12.6. The lowest BCUT2D eigenvalue weighted by atomic mass is 9.78. The summed E-state index contributed by atoms with van der Waals surface area (Å²) in [5.74, 6) is -8.27. The largest absolute Gasteiger partial charge is 0.490 e. The van der Waals surface area contributed by atoms with E-state index in [0.717, 1.165) is 39.4 Å². The monoisotopic (exact) mass is 679 g/mol. The Labute approximate surface area is 250 Å². The lowest BCUT2D eigenvalue weighted by Gasteiger charge is -2.42. The molecule has 0 bridgehead atoms. The van der Waals surface area contributed by atoms with Gasteiger partial charge in [0.05, 0.1) is 13.2 Å². The molecule has 256 valence electrons. The maximum Gasteiger partial charge on any atom is 0.490 e. The molecule has 2 fully saturated rings. The minimum atomic E-state index is -5.08. The highest BCUT2D eigenvalue weighted by molar-refractivity contribution is 7.07. The molecule has 0 saturated carbocycles. The van der Waals surface area contributed by atoms with Crippen LogP contribution in [0.2, 0.25) is 0 Å². The van der Waals surface area contributed by atoms with Crippen molar-refractivity contribution in [2.24, 2.45) is 5.41 Å². The summed E-state index contributed by atoms with van der Waals surface area (Å²) >= 11 is 1.80. The molecule has 1 aromatic rings. The molecule has 0 aliphatic carbocycles. The minimum absolute atomic E-state index is 0.383. The fourth-order valence-corrected chi connectivity index (χ4v) is 4.40. The summed E-state index contributed by atoms with van der Waals surface area (Å²) in [6.45, 7) is 10.00. The standard InChI is InChI=1S/C18H31N3OS.3C2HF3O2/c1-19(2)8-9-21-10-11-22-16-18(15-21)4-6-20(7-5-18)13-17-3-12-23-14-17;3*3-2(4,5)1(6)7/h3,12,14H,4-11,13,15-16H2,1-2H3;3*(H,6,7). The van der Waals surface area contributed by atoms with Crippen molar-refractivity contribution in [1.82, 2.24) is 14.7 Å². The second-order valence-corrected chi connectivity index (χ2v) is 10.7. The van der Waals surface area contributed by atoms with E-state index >= 15 is 0 Å². The second-order valence-electron chi connectivity index (χ2n) is 9.95. The first-order valence-corrected chi connectivity index (χ1v) is 13.5. The van der Waals surface area contributed by atoms with E-state index in [1.165, 1.54) is 38.0 Å². The highest BCUT2D eigenvalue weighted by Gasteiger charge is 2.40. The molecular formula is C24H34F9N3O7S. The van der Waals surface area contributed by atoms with Gasteiger partial charge in [-0.15, -0.1) is 0 Å². The van der Waals surface area contributed by atoms with Crippen molar-refractivity contribution in [3.8, 4) is 0 Å². The maximum atomic E-state index is 10.6. The number of likely N-dealkylation sites (N-methyl/N-ethyl adjacent to an activating group) is 1. The first-order chi connectivity index (χ1) is 20.0. The molecule has 0 radical (unpaired) electrons. The van der Waals surface area contributed by atoms with Crippen molar-refractivity contribution >= 4 is 29.2 Å². The molecule has 3 rings (SSSR count). The number of nitrogens with zero attached hydrogens (tertiary/aromatic N) is 3. The number of piperidine rings is 1. The van der Waals surface area contributed by atoms with Crippen LogP contribution in [0.3, 0.4) is 0 Å². The van der Waals surface area contributed by atoms with E-state index in [9.17, 15) is 39.5 Å². The number of carbonyl (C=O) groups is 3. The van der Waals surface area contributed by atoms with Crippen molar-refractivity contribution in [2.45, 2.75) is 37.9 Å². The molecule has 3 heterocycles. The van der Waals surface area contributed by atoms with Gasteiger partial charge in [-0.25, -0.2) is 14.4 Å². The van der Waals surface area contributed by atoms with Gasteiger partial charge in [-0.3, -0.25) is 9.80 Å². The van der Waals surface area contributed by atoms with Crippen LogP contribution in [0.1, 0.15) is 18.4 Å². The van der Waals surface area contributed by atoms with Crippen LogP contribution in [0.4, 0.5) is 39.5 Å². The van der Waals surface area contributed by atoms with Crippen LogP contribution in [0.5, 0.6) is 0 Å². The van der Waals surface area contributed by atoms with Crippen molar-refractivity contribution in [2.75, 3.05) is 66.6 Å². The van der Waals surface area contributed by atoms with E-state index in [0.29, 0.717) is 5.41 Å². The van der Waals surface area contributed by atoms with Crippen LogP contribution in [0.15, 0.2) is 16.8 Å². The number of likely N-dealkylation sites (tertiary alicyclic amines) is 1. The summed E-state index contributed by atoms with van der Waals surface area (Å²) in [5.41, 5.74) is 1.85. The zero-order chi connectivity index (χ0) is 34.4. The van der Waals surface area contributed by atoms with E-state index in [1.807, 2.05) is 0 Å². The summed E-state index contributed by atoms with van der Waals surface area (Å²) < 4.78 is 101. The quantitative estimate of drug-likeness (QED) is 0.391. The zero-order valence-electron chi connectivity index (χ0n) is 23.6. The molecule has 1 aromatic heterocycles. The summed E-state index contributed by atoms with van der Waals surface area (Å²) in [4.78, 5) is 34.2. The van der Waals surface area contributed by atoms with Gasteiger partial charge in [0.15, 0.2) is 0 Å². The number of hydrogen-bond donors (Lipinski definition) is 3. The Balaban J connectivity index is 0.000000721. The van der Waals surface area contributed by atoms with Crippen LogP contribution in [-0.4, -0.2) is 133 Å². The second kappa shape index (κ2) is 18.3. The molecule has 0 aromatic carbocycles. The molecule has 3 N–H and O–H groups in total. The fourth-order valence-electron chi connectivity index (χ4n) is 3.74. The van der Waals surface area contributed by atoms with Crippen LogP contribution in [0, 0.1) is 5.41 Å². The Morgan fingerprint density at radius 3 is 1.68 bits per heavy atom. The average molecular weight is 680 g/mol. The third kappa shape index (κ3) is 18.2. The summed E-state index contributed by atoms with van der Waals surface area (Å²) in [6.07, 6.45) is -12.7. The van der Waals surface area contributed by atoms with Crippen LogP contribution >= 0.6 is 11.3 Å². The van der Waals surface area contributed by atoms with Crippen molar-refractivity contribution in [3.63, 3.8) is 0 Å². The Bertz CT molecular complexity index is 940. The van der Waals surface area contributed by atoms with Crippen LogP contribution in [0.25, 0.3) is 0 Å². The molecule has 0 amide bonds. The molecule has 10 nitrogen and oxygen atoms in total. The van der Waals surface area contributed by atoms with Gasteiger partial charge in [-0.2, -0.15) is 50.9 Å². The lowest BCUT2D eigenvalue weighted by Crippen LogP contribution is -2.47. The predicted octanol–water partition coefficient (Wildman–Crippen LogP) is 4.12. The summed E-state index contributed by atoms with van der Waals surface area (Å²) in [7, 11) is 4.32. The molecule has 1 spiro atoms. The fraction of sp³-hybridized carbons (Fsp3) is 0.708. The smallest absolute Gasteiger partial charge is 0.475 e. The maximum absolute atomic E-state index is 10.6. The van der Waals surface area contributed by atoms with Gasteiger partial charge in [0.25, 0.3) is 0 Å². The third-order valence-corrected chi connectivity index (χ3v) is 6.75. The number of hydrogen-bond acceptors (Lipinski definition) is 8. The SMILES string of the molecule is CN(C)CCN1CCOCC2(CCN(Cc3ccsc3)CC2)C1.O=C(O)C(F)(F)F.O=C(O)C(F)(F)F.O=C(O)C(F)(F)F. The van der Waals surface area contributed by atoms with Crippen molar-refractivity contribution < 1.29 is 74.0 Å². The topological polar surface area (TPSA) is 131 Å². The number of halogens is 9. The van der Waals surface area contributed by atoms with E-state index in [-0.39, 0.29) is 0 Å². The van der Waals surface area contributed by atoms with E-state index in [4.69, 9.17) is 34.4 Å². The average Bonchev–Trinajstić information content (AvgIpc) is 3.31. The number of ether oxygens (including phenoxy) is 1.